The molecule has 3 heterocycles. The first-order chi connectivity index (χ1) is 21.3. The smallest absolute Gasteiger partial charge is 0.423 e. The summed E-state index contributed by atoms with van der Waals surface area (Å²) in [5, 5.41) is 6.66. The van der Waals surface area contributed by atoms with Crippen molar-refractivity contribution in [2.45, 2.75) is 58.3 Å². The van der Waals surface area contributed by atoms with Crippen LogP contribution in [-0.4, -0.2) is 83.1 Å². The van der Waals surface area contributed by atoms with E-state index in [1.54, 1.807) is 36.1 Å². The van der Waals surface area contributed by atoms with Crippen LogP contribution in [0.25, 0.3) is 0 Å². The number of rotatable bonds is 11. The van der Waals surface area contributed by atoms with Crippen molar-refractivity contribution in [3.8, 4) is 5.75 Å². The number of ether oxygens (including phenoxy) is 2. The van der Waals surface area contributed by atoms with Crippen molar-refractivity contribution in [1.82, 2.24) is 24.6 Å². The van der Waals surface area contributed by atoms with E-state index in [0.717, 1.165) is 16.4 Å². The standard InChI is InChI=1S/C31H40F3N7O4/c1-21(38-25-18-37-41(28(43)27(25)31(32,33)34)19-22-6-8-24(44-5)9-7-22)20-45-15-10-26(42)39-11-13-40(14-12-39)29-35-16-23(17-36-29)30(2,3)4/h6-9,16-18,21,38H,10-15,19-20H2,1-5H3/t21-/m0/s1. The molecule has 1 aromatic carbocycles. The highest BCUT2D eigenvalue weighted by molar-refractivity contribution is 5.76. The molecule has 4 rings (SSSR count). The molecule has 45 heavy (non-hydrogen) atoms. The van der Waals surface area contributed by atoms with Gasteiger partial charge in [-0.2, -0.15) is 18.3 Å². The van der Waals surface area contributed by atoms with Gasteiger partial charge in [0.1, 0.15) is 11.3 Å². The van der Waals surface area contributed by atoms with Crippen molar-refractivity contribution < 1.29 is 27.4 Å². The number of benzene rings is 1. The molecular formula is C31H40F3N7O4. The summed E-state index contributed by atoms with van der Waals surface area (Å²) in [6.45, 7) is 10.2. The van der Waals surface area contributed by atoms with Gasteiger partial charge in [0.25, 0.3) is 5.56 Å². The molecule has 0 saturated carbocycles. The minimum Gasteiger partial charge on any atom is -0.497 e. The van der Waals surface area contributed by atoms with Crippen LogP contribution in [0.5, 0.6) is 5.75 Å². The van der Waals surface area contributed by atoms with E-state index in [1.165, 1.54) is 7.11 Å². The van der Waals surface area contributed by atoms with E-state index in [0.29, 0.717) is 43.4 Å². The Hall–Kier alpha value is -4.20. The Kier molecular flexibility index (Phi) is 10.7. The lowest BCUT2D eigenvalue weighted by molar-refractivity contribution is -0.138. The van der Waals surface area contributed by atoms with E-state index >= 15 is 0 Å². The predicted octanol–water partition coefficient (Wildman–Crippen LogP) is 3.96. The molecule has 1 atom stereocenters. The summed E-state index contributed by atoms with van der Waals surface area (Å²) in [5.41, 5.74) is -1.40. The first-order valence-electron chi connectivity index (χ1n) is 14.8. The van der Waals surface area contributed by atoms with Crippen LogP contribution >= 0.6 is 0 Å². The largest absolute Gasteiger partial charge is 0.497 e. The minimum absolute atomic E-state index is 0.0230. The zero-order chi connectivity index (χ0) is 32.8. The lowest BCUT2D eigenvalue weighted by atomic mass is 9.89. The number of piperazine rings is 1. The number of carbonyl (C=O) groups is 1. The fraction of sp³-hybridized carbons (Fsp3) is 0.516. The summed E-state index contributed by atoms with van der Waals surface area (Å²) in [5.74, 6) is 1.16. The van der Waals surface area contributed by atoms with Gasteiger partial charge in [-0.15, -0.1) is 0 Å². The van der Waals surface area contributed by atoms with Crippen LogP contribution < -0.4 is 20.5 Å². The lowest BCUT2D eigenvalue weighted by Gasteiger charge is -2.35. The molecule has 1 aliphatic rings. The second kappa shape index (κ2) is 14.3. The molecule has 1 fully saturated rings. The number of nitrogens with one attached hydrogen (secondary N) is 1. The number of alkyl halides is 3. The van der Waals surface area contributed by atoms with Gasteiger partial charge in [-0.05, 0) is 35.6 Å². The van der Waals surface area contributed by atoms with Crippen LogP contribution in [0.1, 0.15) is 50.8 Å². The number of hydrogen-bond acceptors (Lipinski definition) is 9. The topological polar surface area (TPSA) is 115 Å². The molecule has 1 N–H and O–H groups in total. The minimum atomic E-state index is -4.90. The molecule has 1 aliphatic heterocycles. The van der Waals surface area contributed by atoms with Gasteiger partial charge in [0.2, 0.25) is 11.9 Å². The Morgan fingerprint density at radius 1 is 1.02 bits per heavy atom. The zero-order valence-electron chi connectivity index (χ0n) is 26.2. The highest BCUT2D eigenvalue weighted by Crippen LogP contribution is 2.32. The molecular weight excluding hydrogens is 591 g/mol. The molecule has 2 aromatic heterocycles. The Labute approximate surface area is 260 Å². The maximum Gasteiger partial charge on any atom is 0.423 e. The molecule has 3 aromatic rings. The van der Waals surface area contributed by atoms with Gasteiger partial charge in [0.15, 0.2) is 0 Å². The van der Waals surface area contributed by atoms with E-state index in [2.05, 4.69) is 41.2 Å². The van der Waals surface area contributed by atoms with Gasteiger partial charge in [-0.1, -0.05) is 32.9 Å². The Bertz CT molecular complexity index is 1480. The first kappa shape index (κ1) is 33.7. The van der Waals surface area contributed by atoms with Crippen molar-refractivity contribution in [2.24, 2.45) is 0 Å². The Morgan fingerprint density at radius 3 is 2.24 bits per heavy atom. The molecule has 14 heteroatoms. The predicted molar refractivity (Wildman–Crippen MR) is 164 cm³/mol. The molecule has 0 unspecified atom stereocenters. The average Bonchev–Trinajstić information content (AvgIpc) is 3.00. The third-order valence-electron chi connectivity index (χ3n) is 7.47. The van der Waals surface area contributed by atoms with E-state index in [1.807, 2.05) is 17.3 Å². The SMILES string of the molecule is COc1ccc(Cn2ncc(N[C@@H](C)COCCC(=O)N3CCN(c4ncc(C(C)(C)C)cn4)CC3)c(C(F)(F)F)c2=O)cc1. The summed E-state index contributed by atoms with van der Waals surface area (Å²) in [6.07, 6.45) is -0.0863. The third kappa shape index (κ3) is 8.93. The fourth-order valence-electron chi connectivity index (χ4n) is 4.80. The maximum absolute atomic E-state index is 13.9. The van der Waals surface area contributed by atoms with Crippen LogP contribution in [0.15, 0.2) is 47.7 Å². The molecule has 0 aliphatic carbocycles. The van der Waals surface area contributed by atoms with Gasteiger partial charge in [0.05, 0.1) is 45.2 Å². The van der Waals surface area contributed by atoms with Gasteiger partial charge in [0, 0.05) is 44.6 Å². The quantitative estimate of drug-likeness (QED) is 0.314. The van der Waals surface area contributed by atoms with Gasteiger partial charge in [-0.25, -0.2) is 14.6 Å². The normalized spacial score (nSPS) is 14.8. The van der Waals surface area contributed by atoms with E-state index in [-0.39, 0.29) is 37.5 Å². The van der Waals surface area contributed by atoms with Crippen molar-refractivity contribution in [3.63, 3.8) is 0 Å². The molecule has 244 valence electrons. The Morgan fingerprint density at radius 2 is 1.67 bits per heavy atom. The molecule has 0 bridgehead atoms. The molecule has 11 nitrogen and oxygen atoms in total. The second-order valence-electron chi connectivity index (χ2n) is 12.0. The van der Waals surface area contributed by atoms with Gasteiger partial charge < -0.3 is 24.6 Å². The number of halogens is 3. The fourth-order valence-corrected chi connectivity index (χ4v) is 4.80. The summed E-state index contributed by atoms with van der Waals surface area (Å²) in [6, 6.07) is 6.02. The highest BCUT2D eigenvalue weighted by atomic mass is 19.4. The zero-order valence-corrected chi connectivity index (χ0v) is 26.2. The lowest BCUT2D eigenvalue weighted by Crippen LogP contribution is -2.49. The Balaban J connectivity index is 1.24. The van der Waals surface area contributed by atoms with Crippen molar-refractivity contribution in [2.75, 3.05) is 56.7 Å². The number of aromatic nitrogens is 4. The maximum atomic E-state index is 13.9. The molecule has 1 amide bonds. The number of methoxy groups -OCH3 is 1. The van der Waals surface area contributed by atoms with E-state index < -0.39 is 29.0 Å². The van der Waals surface area contributed by atoms with Crippen molar-refractivity contribution >= 4 is 17.5 Å². The van der Waals surface area contributed by atoms with Crippen molar-refractivity contribution in [3.05, 3.63) is 69.9 Å². The third-order valence-corrected chi connectivity index (χ3v) is 7.47. The van der Waals surface area contributed by atoms with Crippen LogP contribution in [0, 0.1) is 0 Å². The molecule has 0 radical (unpaired) electrons. The first-order valence-corrected chi connectivity index (χ1v) is 14.8. The summed E-state index contributed by atoms with van der Waals surface area (Å²) < 4.78 is 53.3. The van der Waals surface area contributed by atoms with Crippen molar-refractivity contribution in [1.29, 1.82) is 0 Å². The number of anilines is 2. The average molecular weight is 632 g/mol. The monoisotopic (exact) mass is 631 g/mol. The number of amides is 1. The van der Waals surface area contributed by atoms with Gasteiger partial charge in [-0.3, -0.25) is 9.59 Å². The van der Waals surface area contributed by atoms with E-state index in [4.69, 9.17) is 9.47 Å². The summed E-state index contributed by atoms with van der Waals surface area (Å²) in [7, 11) is 1.50. The number of carbonyl (C=O) groups excluding carboxylic acids is 1. The van der Waals surface area contributed by atoms with E-state index in [9.17, 15) is 22.8 Å². The van der Waals surface area contributed by atoms with Crippen LogP contribution in [0.2, 0.25) is 0 Å². The van der Waals surface area contributed by atoms with Crippen LogP contribution in [0.3, 0.4) is 0 Å². The second-order valence-corrected chi connectivity index (χ2v) is 12.0. The van der Waals surface area contributed by atoms with Crippen LogP contribution in [-0.2, 0) is 27.7 Å². The highest BCUT2D eigenvalue weighted by Gasteiger charge is 2.38. The number of nitrogens with zero attached hydrogens (tertiary/aromatic N) is 6. The summed E-state index contributed by atoms with van der Waals surface area (Å²) >= 11 is 0. The van der Waals surface area contributed by atoms with Crippen LogP contribution in [0.4, 0.5) is 24.8 Å². The summed E-state index contributed by atoms with van der Waals surface area (Å²) in [4.78, 5) is 38.3. The number of hydrogen-bond donors (Lipinski definition) is 1. The van der Waals surface area contributed by atoms with Gasteiger partial charge >= 0.3 is 6.18 Å². The molecule has 0 spiro atoms. The molecule has 1 saturated heterocycles.